The molecule has 3 nitrogen and oxygen atoms in total. The van der Waals surface area contributed by atoms with Gasteiger partial charge in [0.15, 0.2) is 0 Å². The molecule has 3 heteroatoms. The minimum absolute atomic E-state index is 0.219. The van der Waals surface area contributed by atoms with E-state index in [4.69, 9.17) is 9.84 Å². The van der Waals surface area contributed by atoms with Crippen LogP contribution >= 0.6 is 0 Å². The van der Waals surface area contributed by atoms with Gasteiger partial charge < -0.3 is 9.84 Å². The lowest BCUT2D eigenvalue weighted by Gasteiger charge is -2.08. The molecule has 1 aromatic carbocycles. The van der Waals surface area contributed by atoms with E-state index < -0.39 is 5.97 Å². The Morgan fingerprint density at radius 1 is 1.22 bits per heavy atom. The fraction of sp³-hybridized carbons (Fsp3) is 0.533. The van der Waals surface area contributed by atoms with Crippen molar-refractivity contribution < 1.29 is 14.6 Å². The molecule has 0 fully saturated rings. The fourth-order valence-electron chi connectivity index (χ4n) is 1.76. The third-order valence-corrected chi connectivity index (χ3v) is 2.62. The van der Waals surface area contributed by atoms with Crippen LogP contribution in [0.25, 0.3) is 0 Å². The van der Waals surface area contributed by atoms with E-state index in [9.17, 15) is 4.79 Å². The molecule has 0 bridgehead atoms. The van der Waals surface area contributed by atoms with Crippen molar-refractivity contribution in [1.82, 2.24) is 0 Å². The molecule has 1 aromatic rings. The van der Waals surface area contributed by atoms with Gasteiger partial charge in [-0.1, -0.05) is 26.0 Å². The third kappa shape index (κ3) is 6.28. The number of carboxylic acids is 1. The zero-order chi connectivity index (χ0) is 13.4. The zero-order valence-electron chi connectivity index (χ0n) is 11.2. The van der Waals surface area contributed by atoms with Crippen molar-refractivity contribution in [3.63, 3.8) is 0 Å². The highest BCUT2D eigenvalue weighted by Gasteiger charge is 2.00. The molecule has 18 heavy (non-hydrogen) atoms. The van der Waals surface area contributed by atoms with Gasteiger partial charge in [0.1, 0.15) is 5.75 Å². The molecule has 0 saturated heterocycles. The second kappa shape index (κ2) is 7.75. The van der Waals surface area contributed by atoms with Gasteiger partial charge in [-0.25, -0.2) is 0 Å². The number of carbonyl (C=O) groups is 1. The maximum atomic E-state index is 10.3. The first kappa shape index (κ1) is 14.6. The average molecular weight is 250 g/mol. The van der Waals surface area contributed by atoms with E-state index in [2.05, 4.69) is 26.0 Å². The summed E-state index contributed by atoms with van der Waals surface area (Å²) in [5.41, 5.74) is 1.32. The topological polar surface area (TPSA) is 46.5 Å². The van der Waals surface area contributed by atoms with Crippen LogP contribution in [-0.4, -0.2) is 17.7 Å². The number of hydrogen-bond donors (Lipinski definition) is 1. The molecule has 0 atom stereocenters. The maximum absolute atomic E-state index is 10.3. The van der Waals surface area contributed by atoms with Crippen LogP contribution in [-0.2, 0) is 11.2 Å². The number of hydrogen-bond acceptors (Lipinski definition) is 2. The van der Waals surface area contributed by atoms with Gasteiger partial charge in [-0.2, -0.15) is 0 Å². The van der Waals surface area contributed by atoms with E-state index in [1.165, 1.54) is 5.56 Å². The number of carboxylic acid groups (broad SMARTS) is 1. The van der Waals surface area contributed by atoms with Crippen LogP contribution in [0.2, 0.25) is 0 Å². The number of benzene rings is 1. The van der Waals surface area contributed by atoms with Crippen molar-refractivity contribution in [2.24, 2.45) is 5.92 Å². The van der Waals surface area contributed by atoms with Crippen LogP contribution in [0.3, 0.4) is 0 Å². The molecule has 1 N–H and O–H groups in total. The van der Waals surface area contributed by atoms with Crippen LogP contribution < -0.4 is 4.74 Å². The SMILES string of the molecule is CC(C)Cc1ccc(OCCCCC(=O)O)cc1. The first-order valence-electron chi connectivity index (χ1n) is 6.51. The summed E-state index contributed by atoms with van der Waals surface area (Å²) in [6.07, 6.45) is 2.75. The van der Waals surface area contributed by atoms with Crippen LogP contribution in [0.4, 0.5) is 0 Å². The van der Waals surface area contributed by atoms with Crippen molar-refractivity contribution in [1.29, 1.82) is 0 Å². The Hall–Kier alpha value is -1.51. The van der Waals surface area contributed by atoms with Gasteiger partial charge in [0, 0.05) is 6.42 Å². The van der Waals surface area contributed by atoms with Gasteiger partial charge in [0.05, 0.1) is 6.61 Å². The van der Waals surface area contributed by atoms with Crippen molar-refractivity contribution in [3.05, 3.63) is 29.8 Å². The second-order valence-corrected chi connectivity index (χ2v) is 4.94. The Balaban J connectivity index is 2.24. The number of ether oxygens (including phenoxy) is 1. The Kier molecular flexibility index (Phi) is 6.26. The third-order valence-electron chi connectivity index (χ3n) is 2.62. The predicted molar refractivity (Wildman–Crippen MR) is 72.0 cm³/mol. The molecule has 0 aliphatic carbocycles. The van der Waals surface area contributed by atoms with E-state index in [1.807, 2.05) is 12.1 Å². The monoisotopic (exact) mass is 250 g/mol. The molecule has 0 aliphatic rings. The van der Waals surface area contributed by atoms with Gasteiger partial charge in [0.25, 0.3) is 0 Å². The largest absolute Gasteiger partial charge is 0.494 e. The number of unbranched alkanes of at least 4 members (excludes halogenated alkanes) is 1. The minimum Gasteiger partial charge on any atom is -0.494 e. The zero-order valence-corrected chi connectivity index (χ0v) is 11.2. The van der Waals surface area contributed by atoms with Crippen molar-refractivity contribution in [3.8, 4) is 5.75 Å². The smallest absolute Gasteiger partial charge is 0.303 e. The lowest BCUT2D eigenvalue weighted by molar-refractivity contribution is -0.137. The van der Waals surface area contributed by atoms with Crippen LogP contribution in [0.5, 0.6) is 5.75 Å². The van der Waals surface area contributed by atoms with E-state index in [0.717, 1.165) is 18.6 Å². The summed E-state index contributed by atoms with van der Waals surface area (Å²) in [5, 5.41) is 8.49. The average Bonchev–Trinajstić information content (AvgIpc) is 2.30. The molecule has 0 amide bonds. The predicted octanol–water partition coefficient (Wildman–Crippen LogP) is 3.52. The van der Waals surface area contributed by atoms with Crippen LogP contribution in [0.1, 0.15) is 38.7 Å². The Bertz CT molecular complexity index is 355. The summed E-state index contributed by atoms with van der Waals surface area (Å²) in [4.78, 5) is 10.3. The van der Waals surface area contributed by atoms with Gasteiger partial charge in [-0.3, -0.25) is 4.79 Å². The lowest BCUT2D eigenvalue weighted by atomic mass is 10.0. The van der Waals surface area contributed by atoms with E-state index >= 15 is 0 Å². The highest BCUT2D eigenvalue weighted by atomic mass is 16.5. The Morgan fingerprint density at radius 3 is 2.44 bits per heavy atom. The molecule has 0 saturated carbocycles. The van der Waals surface area contributed by atoms with E-state index in [-0.39, 0.29) is 6.42 Å². The molecule has 0 spiro atoms. The Morgan fingerprint density at radius 2 is 1.89 bits per heavy atom. The number of rotatable bonds is 8. The summed E-state index contributed by atoms with van der Waals surface area (Å²) in [6.45, 7) is 4.98. The van der Waals surface area contributed by atoms with Gasteiger partial charge >= 0.3 is 5.97 Å². The summed E-state index contributed by atoms with van der Waals surface area (Å²) < 4.78 is 5.55. The molecule has 1 rings (SSSR count). The molecular weight excluding hydrogens is 228 g/mol. The van der Waals surface area contributed by atoms with Crippen molar-refractivity contribution in [2.45, 2.75) is 39.5 Å². The van der Waals surface area contributed by atoms with Crippen molar-refractivity contribution >= 4 is 5.97 Å². The maximum Gasteiger partial charge on any atom is 0.303 e. The van der Waals surface area contributed by atoms with Gasteiger partial charge in [-0.05, 0) is 42.9 Å². The quantitative estimate of drug-likeness (QED) is 0.718. The molecule has 0 heterocycles. The summed E-state index contributed by atoms with van der Waals surface area (Å²) in [5.74, 6) is 0.777. The van der Waals surface area contributed by atoms with Crippen molar-refractivity contribution in [2.75, 3.05) is 6.61 Å². The second-order valence-electron chi connectivity index (χ2n) is 4.94. The summed E-state index contributed by atoms with van der Waals surface area (Å²) in [6, 6.07) is 8.14. The first-order chi connectivity index (χ1) is 8.58. The molecular formula is C15H22O3. The molecule has 0 radical (unpaired) electrons. The minimum atomic E-state index is -0.743. The number of aliphatic carboxylic acids is 1. The molecule has 0 unspecified atom stereocenters. The molecule has 0 aromatic heterocycles. The highest BCUT2D eigenvalue weighted by Crippen LogP contribution is 2.15. The van der Waals surface area contributed by atoms with Crippen LogP contribution in [0, 0.1) is 5.92 Å². The van der Waals surface area contributed by atoms with E-state index in [1.54, 1.807) is 0 Å². The molecule has 100 valence electrons. The Labute approximate surface area is 109 Å². The fourth-order valence-corrected chi connectivity index (χ4v) is 1.76. The van der Waals surface area contributed by atoms with Gasteiger partial charge in [-0.15, -0.1) is 0 Å². The van der Waals surface area contributed by atoms with Gasteiger partial charge in [0.2, 0.25) is 0 Å². The normalized spacial score (nSPS) is 10.6. The molecule has 0 aliphatic heterocycles. The highest BCUT2D eigenvalue weighted by molar-refractivity contribution is 5.66. The summed E-state index contributed by atoms with van der Waals surface area (Å²) >= 11 is 0. The summed E-state index contributed by atoms with van der Waals surface area (Å²) in [7, 11) is 0. The van der Waals surface area contributed by atoms with E-state index in [0.29, 0.717) is 18.9 Å². The first-order valence-corrected chi connectivity index (χ1v) is 6.51. The standard InChI is InChI=1S/C15H22O3/c1-12(2)11-13-6-8-14(9-7-13)18-10-4-3-5-15(16)17/h6-9,12H,3-5,10-11H2,1-2H3,(H,16,17). The lowest BCUT2D eigenvalue weighted by Crippen LogP contribution is -2.00. The van der Waals surface area contributed by atoms with Crippen LogP contribution in [0.15, 0.2) is 24.3 Å².